The maximum Gasteiger partial charge on any atom is 0.481 e. The van der Waals surface area contributed by atoms with Crippen molar-refractivity contribution in [1.29, 1.82) is 5.41 Å². The summed E-state index contributed by atoms with van der Waals surface area (Å²) in [6.07, 6.45) is 3.19. The van der Waals surface area contributed by atoms with Gasteiger partial charge in [-0.1, -0.05) is 63.5 Å². The van der Waals surface area contributed by atoms with Crippen molar-refractivity contribution in [1.82, 2.24) is 21.4 Å². The molecule has 4 fully saturated rings. The van der Waals surface area contributed by atoms with Crippen molar-refractivity contribution in [2.24, 2.45) is 23.2 Å². The van der Waals surface area contributed by atoms with Crippen LogP contribution in [0.2, 0.25) is 0 Å². The molecule has 4 aliphatic rings. The van der Waals surface area contributed by atoms with Gasteiger partial charge in [-0.3, -0.25) is 15.0 Å². The molecular formula is C33H47BN6O7. The molecule has 3 aliphatic carbocycles. The van der Waals surface area contributed by atoms with Crippen LogP contribution in [0.3, 0.4) is 0 Å². The lowest BCUT2D eigenvalue weighted by molar-refractivity contribution is -0.525. The van der Waals surface area contributed by atoms with E-state index < -0.39 is 41.6 Å². The quantitative estimate of drug-likeness (QED) is 0.0511. The molecule has 2 aromatic rings. The van der Waals surface area contributed by atoms with E-state index in [9.17, 15) is 19.7 Å². The lowest BCUT2D eigenvalue weighted by Crippen LogP contribution is -2.65. The number of hydrazine groups is 1. The number of guanidine groups is 1. The highest BCUT2D eigenvalue weighted by Crippen LogP contribution is 2.65. The van der Waals surface area contributed by atoms with E-state index in [0.29, 0.717) is 30.4 Å². The fourth-order valence-corrected chi connectivity index (χ4v) is 7.66. The minimum absolute atomic E-state index is 0.0345. The Balaban J connectivity index is 1.24. The van der Waals surface area contributed by atoms with Gasteiger partial charge in [-0.25, -0.2) is 10.1 Å². The maximum atomic E-state index is 13.8. The summed E-state index contributed by atoms with van der Waals surface area (Å²) >= 11 is 0. The predicted molar refractivity (Wildman–Crippen MR) is 178 cm³/mol. The van der Waals surface area contributed by atoms with E-state index in [1.54, 1.807) is 11.5 Å². The number of rotatable bonds is 14. The van der Waals surface area contributed by atoms with Crippen molar-refractivity contribution in [2.75, 3.05) is 13.2 Å². The Morgan fingerprint density at radius 3 is 2.57 bits per heavy atom. The monoisotopic (exact) mass is 650 g/mol. The molecule has 0 radical (unpaired) electrons. The first-order valence-corrected chi connectivity index (χ1v) is 16.5. The number of nitro groups is 1. The number of nitrogens with zero attached hydrogens (tertiary/aromatic N) is 1. The third kappa shape index (κ3) is 7.81. The van der Waals surface area contributed by atoms with E-state index in [1.165, 1.54) is 0 Å². The minimum atomic E-state index is -0.928. The molecule has 2 bridgehead atoms. The van der Waals surface area contributed by atoms with E-state index in [0.717, 1.165) is 23.6 Å². The Kier molecular flexibility index (Phi) is 10.3. The van der Waals surface area contributed by atoms with Crippen molar-refractivity contribution in [3.63, 3.8) is 0 Å². The van der Waals surface area contributed by atoms with Crippen molar-refractivity contribution >= 4 is 35.7 Å². The molecular weight excluding hydrogens is 603 g/mol. The number of amides is 2. The average Bonchev–Trinajstić information content (AvgIpc) is 3.37. The summed E-state index contributed by atoms with van der Waals surface area (Å²) in [6, 6.07) is 12.5. The molecule has 2 aromatic carbocycles. The Hall–Kier alpha value is -3.91. The highest BCUT2D eigenvalue weighted by molar-refractivity contribution is 6.48. The second-order valence-corrected chi connectivity index (χ2v) is 14.3. The first kappa shape index (κ1) is 34.4. The standard InChI is InChI=1S/C33H47BN6O7/c1-20(2)15-28(34-46-27-18-23-17-26(32(23,3)4)33(27,5)47-34)38-30(42)25(11-8-14-36-31(35)39-40(43)44)37-29(41)19-45-24-13-12-21-9-6-7-10-22(21)16-24/h6-7,9-10,12-13,16,20,23,25-28H,8,11,14-15,17-19H2,1-5H3,(H,37,41)(H,38,42)(H3,35,36,39)/t23-,25-,26-,27+,28-,33-/m0/s1. The van der Waals surface area contributed by atoms with Gasteiger partial charge in [0, 0.05) is 6.54 Å². The summed E-state index contributed by atoms with van der Waals surface area (Å²) < 4.78 is 19.0. The van der Waals surface area contributed by atoms with Gasteiger partial charge in [0.25, 0.3) is 11.9 Å². The van der Waals surface area contributed by atoms with Gasteiger partial charge in [-0.2, -0.15) is 0 Å². The number of fused-ring (bicyclic) bond motifs is 1. The second-order valence-electron chi connectivity index (χ2n) is 14.3. The fourth-order valence-electron chi connectivity index (χ4n) is 7.66. The van der Waals surface area contributed by atoms with Crippen LogP contribution in [-0.2, 0) is 18.9 Å². The van der Waals surface area contributed by atoms with Crippen LogP contribution in [0, 0.1) is 38.7 Å². The third-order valence-corrected chi connectivity index (χ3v) is 10.3. The number of nitrogens with one attached hydrogen (secondary N) is 5. The average molecular weight is 651 g/mol. The van der Waals surface area contributed by atoms with Crippen LogP contribution >= 0.6 is 0 Å². The van der Waals surface area contributed by atoms with Gasteiger partial charge >= 0.3 is 7.12 Å². The third-order valence-electron chi connectivity index (χ3n) is 10.3. The Bertz CT molecular complexity index is 1490. The zero-order valence-electron chi connectivity index (χ0n) is 27.8. The van der Waals surface area contributed by atoms with Crippen LogP contribution in [0.4, 0.5) is 0 Å². The zero-order chi connectivity index (χ0) is 33.9. The predicted octanol–water partition coefficient (Wildman–Crippen LogP) is 3.59. The van der Waals surface area contributed by atoms with Crippen molar-refractivity contribution in [3.8, 4) is 5.75 Å². The van der Waals surface area contributed by atoms with E-state index >= 15 is 0 Å². The number of carbonyl (C=O) groups excluding carboxylic acids is 2. The van der Waals surface area contributed by atoms with Gasteiger partial charge in [0.2, 0.25) is 5.91 Å². The Morgan fingerprint density at radius 1 is 1.13 bits per heavy atom. The van der Waals surface area contributed by atoms with Crippen LogP contribution in [0.25, 0.3) is 10.8 Å². The minimum Gasteiger partial charge on any atom is -0.484 e. The highest BCUT2D eigenvalue weighted by atomic mass is 16.7. The first-order chi connectivity index (χ1) is 22.3. The van der Waals surface area contributed by atoms with Crippen LogP contribution in [0.5, 0.6) is 5.75 Å². The molecule has 47 heavy (non-hydrogen) atoms. The molecule has 3 saturated carbocycles. The van der Waals surface area contributed by atoms with E-state index in [4.69, 9.17) is 19.5 Å². The number of carbonyl (C=O) groups is 2. The number of benzene rings is 2. The number of hydrogen-bond donors (Lipinski definition) is 5. The van der Waals surface area contributed by atoms with Crippen LogP contribution in [-0.4, -0.2) is 66.8 Å². The van der Waals surface area contributed by atoms with Gasteiger partial charge < -0.3 is 30.0 Å². The molecule has 2 amide bonds. The number of ether oxygens (including phenoxy) is 1. The fraction of sp³-hybridized carbons (Fsp3) is 0.606. The Labute approximate surface area is 276 Å². The second kappa shape index (κ2) is 14.1. The molecule has 0 spiro atoms. The molecule has 254 valence electrons. The van der Waals surface area contributed by atoms with E-state index in [-0.39, 0.29) is 42.9 Å². The van der Waals surface area contributed by atoms with Crippen molar-refractivity contribution in [3.05, 3.63) is 52.6 Å². The summed E-state index contributed by atoms with van der Waals surface area (Å²) in [5.74, 6) is -0.0111. The molecule has 6 rings (SSSR count). The molecule has 0 unspecified atom stereocenters. The molecule has 6 atom stereocenters. The summed E-state index contributed by atoms with van der Waals surface area (Å²) in [6.45, 7) is 10.8. The topological polar surface area (TPSA) is 177 Å². The van der Waals surface area contributed by atoms with Gasteiger partial charge in [0.15, 0.2) is 11.6 Å². The summed E-state index contributed by atoms with van der Waals surface area (Å²) in [5.41, 5.74) is 1.50. The van der Waals surface area contributed by atoms with Gasteiger partial charge in [-0.05, 0) is 85.1 Å². The summed E-state index contributed by atoms with van der Waals surface area (Å²) in [5, 5.41) is 28.0. The molecule has 1 heterocycles. The largest absolute Gasteiger partial charge is 0.484 e. The lowest BCUT2D eigenvalue weighted by Gasteiger charge is -2.64. The van der Waals surface area contributed by atoms with Crippen LogP contribution < -0.4 is 26.1 Å². The summed E-state index contributed by atoms with van der Waals surface area (Å²) in [4.78, 5) is 37.6. The smallest absolute Gasteiger partial charge is 0.481 e. The molecule has 5 N–H and O–H groups in total. The number of hydrogen-bond acceptors (Lipinski definition) is 8. The van der Waals surface area contributed by atoms with Crippen LogP contribution in [0.15, 0.2) is 42.5 Å². The summed E-state index contributed by atoms with van der Waals surface area (Å²) in [7, 11) is -0.616. The molecule has 0 aromatic heterocycles. The normalized spacial score (nSPS) is 25.2. The zero-order valence-corrected chi connectivity index (χ0v) is 27.8. The van der Waals surface area contributed by atoms with Gasteiger partial charge in [0.05, 0.1) is 17.6 Å². The van der Waals surface area contributed by atoms with Crippen molar-refractivity contribution < 1.29 is 28.7 Å². The maximum absolute atomic E-state index is 13.8. The molecule has 1 aliphatic heterocycles. The SMILES string of the molecule is CC(C)C[C@H](NC(=O)[C@H](CCCNC(=N)N[N+](=O)[O-])NC(=O)COc1ccc2ccccc2c1)B1O[C@@H]2C[C@@H]3C[C@@H](C3(C)C)[C@]2(C)O1. The van der Waals surface area contributed by atoms with Crippen LogP contribution in [0.1, 0.15) is 66.7 Å². The van der Waals surface area contributed by atoms with Gasteiger partial charge in [0.1, 0.15) is 11.8 Å². The van der Waals surface area contributed by atoms with E-state index in [1.807, 2.05) is 36.4 Å². The molecule has 1 saturated heterocycles. The van der Waals surface area contributed by atoms with E-state index in [2.05, 4.69) is 50.6 Å². The van der Waals surface area contributed by atoms with Gasteiger partial charge in [-0.15, -0.1) is 0 Å². The molecule has 13 nitrogen and oxygen atoms in total. The Morgan fingerprint density at radius 2 is 1.87 bits per heavy atom. The lowest BCUT2D eigenvalue weighted by atomic mass is 9.43. The molecule has 14 heteroatoms. The highest BCUT2D eigenvalue weighted by Gasteiger charge is 2.68. The first-order valence-electron chi connectivity index (χ1n) is 16.5. The van der Waals surface area contributed by atoms with Crippen molar-refractivity contribution in [2.45, 2.75) is 90.4 Å².